The lowest BCUT2D eigenvalue weighted by atomic mass is 10.1. The fourth-order valence-corrected chi connectivity index (χ4v) is 1.31. The molecule has 0 aromatic heterocycles. The summed E-state index contributed by atoms with van der Waals surface area (Å²) in [5.41, 5.74) is 8.04. The molecule has 1 rings (SSSR count). The van der Waals surface area contributed by atoms with Crippen LogP contribution in [0.5, 0.6) is 0 Å². The van der Waals surface area contributed by atoms with Crippen molar-refractivity contribution < 1.29 is 0 Å². The summed E-state index contributed by atoms with van der Waals surface area (Å²) >= 11 is 0. The Morgan fingerprint density at radius 1 is 1.41 bits per heavy atom. The number of nitrogens with one attached hydrogen (secondary N) is 2. The number of nitrogens with zero attached hydrogens (tertiary/aromatic N) is 1. The number of allylic oxidation sites excluding steroid dienone is 1. The molecule has 17 heavy (non-hydrogen) atoms. The predicted molar refractivity (Wildman–Crippen MR) is 74.6 cm³/mol. The van der Waals surface area contributed by atoms with Crippen molar-refractivity contribution in [1.29, 1.82) is 5.41 Å². The van der Waals surface area contributed by atoms with Crippen LogP contribution >= 0.6 is 0 Å². The zero-order chi connectivity index (χ0) is 12.5. The van der Waals surface area contributed by atoms with Gasteiger partial charge in [-0.3, -0.25) is 4.99 Å². The summed E-state index contributed by atoms with van der Waals surface area (Å²) in [5.74, 6) is 0. The lowest BCUT2D eigenvalue weighted by Crippen LogP contribution is -1.98. The maximum Gasteiger partial charge on any atom is 0.0348 e. The number of aliphatic imine (C=N–C) groups is 1. The number of benzene rings is 1. The zero-order valence-electron chi connectivity index (χ0n) is 9.56. The van der Waals surface area contributed by atoms with Crippen molar-refractivity contribution >= 4 is 24.2 Å². The summed E-state index contributed by atoms with van der Waals surface area (Å²) in [4.78, 5) is 3.61. The summed E-state index contributed by atoms with van der Waals surface area (Å²) in [5, 5.41) is 10.4. The van der Waals surface area contributed by atoms with Crippen LogP contribution in [0, 0.1) is 5.41 Å². The molecule has 0 aliphatic heterocycles. The van der Waals surface area contributed by atoms with E-state index in [9.17, 15) is 0 Å². The Bertz CT molecular complexity index is 429. The van der Waals surface area contributed by atoms with E-state index >= 15 is 0 Å². The first kappa shape index (κ1) is 12.7. The molecule has 0 heterocycles. The molecular formula is C13H16N4. The largest absolute Gasteiger partial charge is 0.404 e. The highest BCUT2D eigenvalue weighted by Gasteiger charge is 1.97. The SMILES string of the molecule is C=N/C=C\CNc1ccc(/C(C=N)=C/N)cc1. The second-order valence-electron chi connectivity index (χ2n) is 3.29. The minimum atomic E-state index is 0.697. The number of rotatable bonds is 6. The first-order chi connectivity index (χ1) is 8.31. The highest BCUT2D eigenvalue weighted by molar-refractivity contribution is 6.08. The molecule has 0 unspecified atom stereocenters. The summed E-state index contributed by atoms with van der Waals surface area (Å²) in [6.07, 6.45) is 6.18. The Labute approximate surface area is 101 Å². The van der Waals surface area contributed by atoms with E-state index in [0.29, 0.717) is 12.1 Å². The average molecular weight is 228 g/mol. The van der Waals surface area contributed by atoms with E-state index in [2.05, 4.69) is 17.0 Å². The van der Waals surface area contributed by atoms with Gasteiger partial charge in [0.2, 0.25) is 0 Å². The molecule has 0 spiro atoms. The Balaban J connectivity index is 2.65. The van der Waals surface area contributed by atoms with E-state index < -0.39 is 0 Å². The van der Waals surface area contributed by atoms with Crippen LogP contribution in [0.2, 0.25) is 0 Å². The molecule has 0 saturated carbocycles. The quantitative estimate of drug-likeness (QED) is 0.653. The van der Waals surface area contributed by atoms with Gasteiger partial charge in [-0.2, -0.15) is 0 Å². The minimum absolute atomic E-state index is 0.697. The molecule has 0 aliphatic carbocycles. The van der Waals surface area contributed by atoms with Gasteiger partial charge in [0.1, 0.15) is 0 Å². The molecule has 0 bridgehead atoms. The van der Waals surface area contributed by atoms with E-state index in [4.69, 9.17) is 11.1 Å². The highest BCUT2D eigenvalue weighted by Crippen LogP contribution is 2.15. The maximum atomic E-state index is 7.19. The van der Waals surface area contributed by atoms with Crippen LogP contribution in [-0.2, 0) is 0 Å². The van der Waals surface area contributed by atoms with Gasteiger partial charge in [-0.1, -0.05) is 12.1 Å². The molecule has 0 atom stereocenters. The molecule has 4 N–H and O–H groups in total. The molecule has 0 radical (unpaired) electrons. The Morgan fingerprint density at radius 3 is 2.65 bits per heavy atom. The summed E-state index contributed by atoms with van der Waals surface area (Å²) in [6.45, 7) is 4.05. The Morgan fingerprint density at radius 2 is 2.12 bits per heavy atom. The van der Waals surface area contributed by atoms with Gasteiger partial charge < -0.3 is 16.5 Å². The zero-order valence-corrected chi connectivity index (χ0v) is 9.56. The number of hydrogen-bond donors (Lipinski definition) is 3. The molecule has 0 saturated heterocycles. The smallest absolute Gasteiger partial charge is 0.0348 e. The number of anilines is 1. The molecule has 0 aliphatic rings. The van der Waals surface area contributed by atoms with Crippen LogP contribution in [0.25, 0.3) is 5.57 Å². The van der Waals surface area contributed by atoms with Crippen molar-refractivity contribution in [2.45, 2.75) is 0 Å². The normalized spacial score (nSPS) is 11.4. The summed E-state index contributed by atoms with van der Waals surface area (Å²) in [6, 6.07) is 7.72. The van der Waals surface area contributed by atoms with Crippen LogP contribution in [0.4, 0.5) is 5.69 Å². The molecule has 0 fully saturated rings. The average Bonchev–Trinajstić information content (AvgIpc) is 2.38. The van der Waals surface area contributed by atoms with E-state index in [-0.39, 0.29) is 0 Å². The third-order valence-electron chi connectivity index (χ3n) is 2.19. The highest BCUT2D eigenvalue weighted by atomic mass is 14.9. The lowest BCUT2D eigenvalue weighted by molar-refractivity contribution is 1.32. The van der Waals surface area contributed by atoms with Gasteiger partial charge in [-0.05, 0) is 30.5 Å². The second kappa shape index (κ2) is 7.00. The first-order valence-corrected chi connectivity index (χ1v) is 5.19. The van der Waals surface area contributed by atoms with Gasteiger partial charge in [0.15, 0.2) is 0 Å². The van der Waals surface area contributed by atoms with Crippen LogP contribution in [0.1, 0.15) is 5.56 Å². The first-order valence-electron chi connectivity index (χ1n) is 5.19. The van der Waals surface area contributed by atoms with Crippen molar-refractivity contribution in [3.8, 4) is 0 Å². The fourth-order valence-electron chi connectivity index (χ4n) is 1.31. The monoisotopic (exact) mass is 228 g/mol. The maximum absolute atomic E-state index is 7.19. The van der Waals surface area contributed by atoms with Gasteiger partial charge in [0, 0.05) is 36.4 Å². The topological polar surface area (TPSA) is 74.3 Å². The molecule has 1 aromatic rings. The van der Waals surface area contributed by atoms with Crippen molar-refractivity contribution in [2.75, 3.05) is 11.9 Å². The molecular weight excluding hydrogens is 212 g/mol. The van der Waals surface area contributed by atoms with Gasteiger partial charge in [-0.15, -0.1) is 0 Å². The minimum Gasteiger partial charge on any atom is -0.404 e. The van der Waals surface area contributed by atoms with Crippen LogP contribution in [-0.4, -0.2) is 19.5 Å². The number of hydrogen-bond acceptors (Lipinski definition) is 4. The predicted octanol–water partition coefficient (Wildman–Crippen LogP) is 2.26. The fraction of sp³-hybridized carbons (Fsp3) is 0.0769. The van der Waals surface area contributed by atoms with Crippen molar-refractivity contribution in [2.24, 2.45) is 10.7 Å². The van der Waals surface area contributed by atoms with Gasteiger partial charge in [-0.25, -0.2) is 0 Å². The molecule has 0 amide bonds. The van der Waals surface area contributed by atoms with Crippen molar-refractivity contribution in [3.05, 3.63) is 48.3 Å². The van der Waals surface area contributed by atoms with Crippen LogP contribution in [0.15, 0.2) is 47.7 Å². The third-order valence-corrected chi connectivity index (χ3v) is 2.19. The third kappa shape index (κ3) is 3.95. The molecule has 4 nitrogen and oxygen atoms in total. The van der Waals surface area contributed by atoms with Gasteiger partial charge in [0.05, 0.1) is 0 Å². The van der Waals surface area contributed by atoms with Crippen LogP contribution in [0.3, 0.4) is 0 Å². The van der Waals surface area contributed by atoms with E-state index in [1.807, 2.05) is 30.3 Å². The van der Waals surface area contributed by atoms with Crippen LogP contribution < -0.4 is 11.1 Å². The van der Waals surface area contributed by atoms with Gasteiger partial charge >= 0.3 is 0 Å². The molecule has 88 valence electrons. The Kier molecular flexibility index (Phi) is 5.24. The molecule has 1 aromatic carbocycles. The second-order valence-corrected chi connectivity index (χ2v) is 3.29. The van der Waals surface area contributed by atoms with E-state index in [0.717, 1.165) is 11.3 Å². The standard InChI is InChI=1S/C13H16N4/c1-16-7-2-8-17-13-5-3-11(4-6-13)12(9-14)10-15/h2-7,9-10,14,17H,1,8,15H2/b7-2-,12-10+,14-9?. The number of nitrogens with two attached hydrogens (primary N) is 1. The van der Waals surface area contributed by atoms with Gasteiger partial charge in [0.25, 0.3) is 0 Å². The van der Waals surface area contributed by atoms with Crippen molar-refractivity contribution in [1.82, 2.24) is 0 Å². The lowest BCUT2D eigenvalue weighted by Gasteiger charge is -2.05. The van der Waals surface area contributed by atoms with E-state index in [1.165, 1.54) is 12.4 Å². The van der Waals surface area contributed by atoms with Crippen molar-refractivity contribution in [3.63, 3.8) is 0 Å². The Hall–Kier alpha value is -2.36. The summed E-state index contributed by atoms with van der Waals surface area (Å²) in [7, 11) is 0. The molecule has 4 heteroatoms. The summed E-state index contributed by atoms with van der Waals surface area (Å²) < 4.78 is 0. The van der Waals surface area contributed by atoms with E-state index in [1.54, 1.807) is 6.20 Å².